The summed E-state index contributed by atoms with van der Waals surface area (Å²) >= 11 is 21.4. The molecule has 18 heavy (non-hydrogen) atoms. The van der Waals surface area contributed by atoms with Gasteiger partial charge in [0, 0.05) is 10.4 Å². The van der Waals surface area contributed by atoms with Crippen molar-refractivity contribution in [1.29, 1.82) is 5.26 Å². The predicted molar refractivity (Wildman–Crippen MR) is 75.9 cm³/mol. The molecule has 1 heterocycles. The summed E-state index contributed by atoms with van der Waals surface area (Å²) in [7, 11) is 0. The van der Waals surface area contributed by atoms with Crippen LogP contribution in [-0.4, -0.2) is 9.78 Å². The van der Waals surface area contributed by atoms with Gasteiger partial charge in [-0.2, -0.15) is 10.4 Å². The number of alkyl halides is 1. The second kappa shape index (κ2) is 5.50. The van der Waals surface area contributed by atoms with Crippen molar-refractivity contribution in [2.45, 2.75) is 5.33 Å². The largest absolute Gasteiger partial charge is 0.233 e. The summed E-state index contributed by atoms with van der Waals surface area (Å²) in [6.45, 7) is 0. The van der Waals surface area contributed by atoms with Gasteiger partial charge in [0.25, 0.3) is 0 Å². The molecule has 2 rings (SSSR count). The van der Waals surface area contributed by atoms with E-state index in [0.29, 0.717) is 37.3 Å². The van der Waals surface area contributed by atoms with Crippen molar-refractivity contribution in [3.63, 3.8) is 0 Å². The third-order valence-corrected chi connectivity index (χ3v) is 3.63. The summed E-state index contributed by atoms with van der Waals surface area (Å²) in [5, 5.41) is 14.8. The van der Waals surface area contributed by atoms with E-state index in [-0.39, 0.29) is 0 Å². The molecule has 0 N–H and O–H groups in total. The van der Waals surface area contributed by atoms with Gasteiger partial charge in [-0.25, -0.2) is 4.68 Å². The zero-order valence-corrected chi connectivity index (χ0v) is 12.6. The molecule has 0 bridgehead atoms. The predicted octanol–water partition coefficient (Wildman–Crippen LogP) is 4.60. The van der Waals surface area contributed by atoms with Gasteiger partial charge in [0.15, 0.2) is 0 Å². The van der Waals surface area contributed by atoms with Crippen molar-refractivity contribution in [2.75, 3.05) is 0 Å². The molecule has 2 aromatic rings. The van der Waals surface area contributed by atoms with E-state index in [2.05, 4.69) is 27.1 Å². The fraction of sp³-hybridized carbons (Fsp3) is 0.0909. The van der Waals surface area contributed by atoms with Crippen LogP contribution in [0.25, 0.3) is 5.69 Å². The maximum absolute atomic E-state index is 8.98. The molecular formula is C11H5BrCl3N3. The number of nitrogens with zero attached hydrogens (tertiary/aromatic N) is 3. The van der Waals surface area contributed by atoms with E-state index in [9.17, 15) is 0 Å². The number of nitriles is 1. The molecule has 3 nitrogen and oxygen atoms in total. The molecule has 7 heteroatoms. The van der Waals surface area contributed by atoms with Gasteiger partial charge in [0.05, 0.1) is 27.5 Å². The fourth-order valence-electron chi connectivity index (χ4n) is 1.53. The Kier molecular flexibility index (Phi) is 4.18. The first-order chi connectivity index (χ1) is 8.58. The Bertz CT molecular complexity index is 622. The normalized spacial score (nSPS) is 10.4. The van der Waals surface area contributed by atoms with E-state index in [1.165, 1.54) is 10.9 Å². The van der Waals surface area contributed by atoms with Crippen LogP contribution >= 0.6 is 50.7 Å². The first-order valence-electron chi connectivity index (χ1n) is 4.76. The van der Waals surface area contributed by atoms with Crippen molar-refractivity contribution in [3.8, 4) is 11.8 Å². The van der Waals surface area contributed by atoms with Crippen LogP contribution in [0, 0.1) is 11.3 Å². The van der Waals surface area contributed by atoms with Crippen LogP contribution in [0.4, 0.5) is 0 Å². The third kappa shape index (κ3) is 2.36. The molecule has 0 aliphatic heterocycles. The molecule has 1 aromatic carbocycles. The molecule has 0 aliphatic rings. The number of halogens is 4. The first-order valence-corrected chi connectivity index (χ1v) is 7.02. The summed E-state index contributed by atoms with van der Waals surface area (Å²) in [4.78, 5) is 0. The van der Waals surface area contributed by atoms with E-state index in [0.717, 1.165) is 0 Å². The lowest BCUT2D eigenvalue weighted by atomic mass is 10.2. The van der Waals surface area contributed by atoms with Crippen LogP contribution in [0.2, 0.25) is 15.1 Å². The molecule has 0 aliphatic carbocycles. The summed E-state index contributed by atoms with van der Waals surface area (Å²) in [5.74, 6) is 0. The van der Waals surface area contributed by atoms with Crippen LogP contribution in [0.1, 0.15) is 11.3 Å². The standard InChI is InChI=1S/C11H5BrCl3N3/c12-3-10-6(4-16)5-17-18(10)11-8(14)1-7(13)2-9(11)15/h1-2,5H,3H2. The Hall–Kier alpha value is -0.730. The molecule has 0 unspecified atom stereocenters. The van der Waals surface area contributed by atoms with E-state index in [4.69, 9.17) is 40.1 Å². The molecule has 0 atom stereocenters. The van der Waals surface area contributed by atoms with Gasteiger partial charge in [-0.15, -0.1) is 0 Å². The zero-order valence-electron chi connectivity index (χ0n) is 8.79. The summed E-state index contributed by atoms with van der Waals surface area (Å²) < 4.78 is 1.54. The number of benzene rings is 1. The number of aromatic nitrogens is 2. The second-order valence-electron chi connectivity index (χ2n) is 3.38. The van der Waals surface area contributed by atoms with E-state index < -0.39 is 0 Å². The minimum absolute atomic E-state index is 0.377. The monoisotopic (exact) mass is 363 g/mol. The minimum atomic E-state index is 0.377. The Morgan fingerprint density at radius 2 is 1.89 bits per heavy atom. The molecule has 0 fully saturated rings. The highest BCUT2D eigenvalue weighted by Gasteiger charge is 2.16. The molecule has 1 aromatic heterocycles. The van der Waals surface area contributed by atoms with Gasteiger partial charge in [-0.1, -0.05) is 50.7 Å². The third-order valence-electron chi connectivity index (χ3n) is 2.31. The molecular weight excluding hydrogens is 360 g/mol. The van der Waals surface area contributed by atoms with Crippen LogP contribution < -0.4 is 0 Å². The van der Waals surface area contributed by atoms with Gasteiger partial charge in [0.2, 0.25) is 0 Å². The van der Waals surface area contributed by atoms with Gasteiger partial charge in [-0.05, 0) is 12.1 Å². The van der Waals surface area contributed by atoms with Crippen molar-refractivity contribution in [2.24, 2.45) is 0 Å². The van der Waals surface area contributed by atoms with Crippen molar-refractivity contribution >= 4 is 50.7 Å². The van der Waals surface area contributed by atoms with Crippen molar-refractivity contribution in [1.82, 2.24) is 9.78 Å². The first kappa shape index (κ1) is 13.7. The highest BCUT2D eigenvalue weighted by molar-refractivity contribution is 9.08. The highest BCUT2D eigenvalue weighted by atomic mass is 79.9. The van der Waals surface area contributed by atoms with Crippen molar-refractivity contribution < 1.29 is 0 Å². The van der Waals surface area contributed by atoms with E-state index in [1.807, 2.05) is 0 Å². The smallest absolute Gasteiger partial charge is 0.103 e. The summed E-state index contributed by atoms with van der Waals surface area (Å²) in [6.07, 6.45) is 1.47. The van der Waals surface area contributed by atoms with Crippen LogP contribution in [0.15, 0.2) is 18.3 Å². The second-order valence-corrected chi connectivity index (χ2v) is 5.19. The van der Waals surface area contributed by atoms with Gasteiger partial charge >= 0.3 is 0 Å². The maximum atomic E-state index is 8.98. The lowest BCUT2D eigenvalue weighted by molar-refractivity contribution is 0.843. The molecule has 0 spiro atoms. The quantitative estimate of drug-likeness (QED) is 0.730. The Morgan fingerprint density at radius 1 is 1.28 bits per heavy atom. The van der Waals surface area contributed by atoms with Gasteiger partial charge in [0.1, 0.15) is 11.8 Å². The number of hydrogen-bond donors (Lipinski definition) is 0. The molecule has 92 valence electrons. The number of hydrogen-bond acceptors (Lipinski definition) is 2. The molecule has 0 saturated carbocycles. The van der Waals surface area contributed by atoms with E-state index in [1.54, 1.807) is 12.1 Å². The molecule has 0 amide bonds. The molecule has 0 saturated heterocycles. The lowest BCUT2D eigenvalue weighted by Gasteiger charge is -2.10. The Labute approximate surface area is 127 Å². The van der Waals surface area contributed by atoms with Crippen LogP contribution in [0.3, 0.4) is 0 Å². The lowest BCUT2D eigenvalue weighted by Crippen LogP contribution is -2.03. The maximum Gasteiger partial charge on any atom is 0.103 e. The fourth-order valence-corrected chi connectivity index (χ4v) is 3.04. The van der Waals surface area contributed by atoms with Crippen molar-refractivity contribution in [3.05, 3.63) is 44.7 Å². The highest BCUT2D eigenvalue weighted by Crippen LogP contribution is 2.33. The van der Waals surface area contributed by atoms with Gasteiger partial charge < -0.3 is 0 Å². The summed E-state index contributed by atoms with van der Waals surface area (Å²) in [5.41, 5.74) is 1.66. The minimum Gasteiger partial charge on any atom is -0.233 e. The Morgan fingerprint density at radius 3 is 2.39 bits per heavy atom. The number of rotatable bonds is 2. The van der Waals surface area contributed by atoms with Gasteiger partial charge in [-0.3, -0.25) is 0 Å². The van der Waals surface area contributed by atoms with Crippen LogP contribution in [-0.2, 0) is 5.33 Å². The average Bonchev–Trinajstić information content (AvgIpc) is 2.70. The Balaban J connectivity index is 2.70. The molecule has 0 radical (unpaired) electrons. The van der Waals surface area contributed by atoms with E-state index >= 15 is 0 Å². The summed E-state index contributed by atoms with van der Waals surface area (Å²) in [6, 6.07) is 5.22. The van der Waals surface area contributed by atoms with Crippen LogP contribution in [0.5, 0.6) is 0 Å². The SMILES string of the molecule is N#Cc1cnn(-c2c(Cl)cc(Cl)cc2Cl)c1CBr. The average molecular weight is 365 g/mol. The topological polar surface area (TPSA) is 41.6 Å². The zero-order chi connectivity index (χ0) is 13.3.